The van der Waals surface area contributed by atoms with Gasteiger partial charge in [-0.1, -0.05) is 6.08 Å². The number of allylic oxidation sites excluding steroid dienone is 5. The number of hydrogen-bond donors (Lipinski definition) is 1. The molecule has 0 bridgehead atoms. The average molecular weight is 147 g/mol. The van der Waals surface area contributed by atoms with Crippen molar-refractivity contribution in [1.29, 1.82) is 5.26 Å². The molecule has 0 fully saturated rings. The zero-order valence-electron chi connectivity index (χ0n) is 5.61. The van der Waals surface area contributed by atoms with Gasteiger partial charge in [-0.05, 0) is 17.7 Å². The number of carbonyl (C=O) groups is 1. The van der Waals surface area contributed by atoms with Gasteiger partial charge >= 0.3 is 0 Å². The van der Waals surface area contributed by atoms with E-state index >= 15 is 0 Å². The Morgan fingerprint density at radius 2 is 2.27 bits per heavy atom. The number of rotatable bonds is 0. The fraction of sp³-hybridized carbons (Fsp3) is 0. The maximum absolute atomic E-state index is 10.6. The van der Waals surface area contributed by atoms with Crippen molar-refractivity contribution in [2.24, 2.45) is 0 Å². The first-order valence-corrected chi connectivity index (χ1v) is 2.97. The number of ketones is 1. The lowest BCUT2D eigenvalue weighted by molar-refractivity contribution is -0.113. The summed E-state index contributed by atoms with van der Waals surface area (Å²) in [5.41, 5.74) is 0.532. The lowest BCUT2D eigenvalue weighted by atomic mass is 10.1. The molecule has 11 heavy (non-hydrogen) atoms. The molecule has 1 aliphatic rings. The van der Waals surface area contributed by atoms with Crippen LogP contribution in [0.2, 0.25) is 0 Å². The molecule has 1 rings (SSSR count). The molecule has 0 aromatic carbocycles. The van der Waals surface area contributed by atoms with Crippen LogP contribution in [0.5, 0.6) is 0 Å². The van der Waals surface area contributed by atoms with Crippen LogP contribution in [-0.4, -0.2) is 10.9 Å². The van der Waals surface area contributed by atoms with E-state index in [2.05, 4.69) is 0 Å². The van der Waals surface area contributed by atoms with Crippen molar-refractivity contribution in [3.63, 3.8) is 0 Å². The second-order valence-corrected chi connectivity index (χ2v) is 2.00. The molecule has 0 heterocycles. The van der Waals surface area contributed by atoms with Crippen molar-refractivity contribution in [3.05, 3.63) is 35.6 Å². The summed E-state index contributed by atoms with van der Waals surface area (Å²) in [6, 6.07) is 1.79. The summed E-state index contributed by atoms with van der Waals surface area (Å²) in [5, 5.41) is 17.1. The fourth-order valence-corrected chi connectivity index (χ4v) is 0.699. The number of nitriles is 1. The van der Waals surface area contributed by atoms with Gasteiger partial charge in [0.05, 0.1) is 6.07 Å². The highest BCUT2D eigenvalue weighted by Gasteiger charge is 2.07. The topological polar surface area (TPSA) is 61.1 Å². The summed E-state index contributed by atoms with van der Waals surface area (Å²) >= 11 is 0. The molecule has 3 nitrogen and oxygen atoms in total. The lowest BCUT2D eigenvalue weighted by Gasteiger charge is -2.00. The minimum atomic E-state index is -0.430. The van der Waals surface area contributed by atoms with Gasteiger partial charge in [0.25, 0.3) is 0 Å². The van der Waals surface area contributed by atoms with Crippen LogP contribution in [0.1, 0.15) is 0 Å². The zero-order chi connectivity index (χ0) is 8.27. The molecule has 0 aromatic rings. The SMILES string of the molecule is N#C/C=C1/C=CC(=O)C(O)=C1. The molecule has 0 amide bonds. The highest BCUT2D eigenvalue weighted by atomic mass is 16.3. The van der Waals surface area contributed by atoms with E-state index in [4.69, 9.17) is 10.4 Å². The highest BCUT2D eigenvalue weighted by molar-refractivity contribution is 6.04. The average Bonchev–Trinajstić information content (AvgIpc) is 1.98. The van der Waals surface area contributed by atoms with Crippen LogP contribution in [0.4, 0.5) is 0 Å². The van der Waals surface area contributed by atoms with Gasteiger partial charge in [0.15, 0.2) is 5.76 Å². The van der Waals surface area contributed by atoms with E-state index in [-0.39, 0.29) is 5.76 Å². The minimum Gasteiger partial charge on any atom is -0.504 e. The van der Waals surface area contributed by atoms with E-state index < -0.39 is 5.78 Å². The fourth-order valence-electron chi connectivity index (χ4n) is 0.699. The molecule has 0 saturated carbocycles. The van der Waals surface area contributed by atoms with Gasteiger partial charge in [-0.2, -0.15) is 5.26 Å². The van der Waals surface area contributed by atoms with Crippen molar-refractivity contribution in [2.75, 3.05) is 0 Å². The molecule has 0 unspecified atom stereocenters. The molecule has 0 radical (unpaired) electrons. The number of aliphatic hydroxyl groups is 1. The van der Waals surface area contributed by atoms with Gasteiger partial charge in [0.1, 0.15) is 0 Å². The maximum Gasteiger partial charge on any atom is 0.220 e. The molecule has 0 aromatic heterocycles. The first-order chi connectivity index (χ1) is 5.24. The van der Waals surface area contributed by atoms with Crippen molar-refractivity contribution in [3.8, 4) is 6.07 Å². The Bertz CT molecular complexity index is 315. The molecule has 1 aliphatic carbocycles. The van der Waals surface area contributed by atoms with Gasteiger partial charge in [0.2, 0.25) is 5.78 Å². The Labute approximate surface area is 63.6 Å². The normalized spacial score (nSPS) is 19.7. The molecule has 1 N–H and O–H groups in total. The van der Waals surface area contributed by atoms with Crippen LogP contribution >= 0.6 is 0 Å². The number of nitrogens with zero attached hydrogens (tertiary/aromatic N) is 1. The Morgan fingerprint density at radius 1 is 1.55 bits per heavy atom. The third kappa shape index (κ3) is 1.55. The van der Waals surface area contributed by atoms with Crippen LogP contribution in [0.15, 0.2) is 35.6 Å². The minimum absolute atomic E-state index is 0.325. The quantitative estimate of drug-likeness (QED) is 0.520. The second-order valence-electron chi connectivity index (χ2n) is 2.00. The lowest BCUT2D eigenvalue weighted by Crippen LogP contribution is -2.01. The molecular weight excluding hydrogens is 142 g/mol. The van der Waals surface area contributed by atoms with Gasteiger partial charge in [0, 0.05) is 6.08 Å². The number of hydrogen-bond acceptors (Lipinski definition) is 3. The van der Waals surface area contributed by atoms with Gasteiger partial charge in [-0.25, -0.2) is 0 Å². The number of carbonyl (C=O) groups excluding carboxylic acids is 1. The van der Waals surface area contributed by atoms with Crippen molar-refractivity contribution in [2.45, 2.75) is 0 Å². The van der Waals surface area contributed by atoms with Crippen molar-refractivity contribution in [1.82, 2.24) is 0 Å². The molecule has 0 aliphatic heterocycles. The van der Waals surface area contributed by atoms with E-state index in [0.29, 0.717) is 5.57 Å². The smallest absolute Gasteiger partial charge is 0.220 e. The van der Waals surface area contributed by atoms with Crippen LogP contribution in [0.25, 0.3) is 0 Å². The van der Waals surface area contributed by atoms with Crippen molar-refractivity contribution >= 4 is 5.78 Å². The largest absolute Gasteiger partial charge is 0.504 e. The Balaban J connectivity index is 2.97. The summed E-state index contributed by atoms with van der Waals surface area (Å²) in [5.74, 6) is -0.755. The molecule has 0 spiro atoms. The monoisotopic (exact) mass is 147 g/mol. The Morgan fingerprint density at radius 3 is 2.82 bits per heavy atom. The van der Waals surface area contributed by atoms with E-state index in [1.807, 2.05) is 0 Å². The predicted octanol–water partition coefficient (Wildman–Crippen LogP) is 1.02. The Kier molecular flexibility index (Phi) is 1.88. The predicted molar refractivity (Wildman–Crippen MR) is 38.6 cm³/mol. The molecule has 54 valence electrons. The van der Waals surface area contributed by atoms with Gasteiger partial charge < -0.3 is 5.11 Å². The van der Waals surface area contributed by atoms with E-state index in [9.17, 15) is 4.79 Å². The third-order valence-electron chi connectivity index (χ3n) is 1.21. The number of aliphatic hydroxyl groups excluding tert-OH is 1. The van der Waals surface area contributed by atoms with Crippen molar-refractivity contribution < 1.29 is 9.90 Å². The van der Waals surface area contributed by atoms with E-state index in [1.54, 1.807) is 6.07 Å². The first kappa shape index (κ1) is 7.29. The first-order valence-electron chi connectivity index (χ1n) is 2.97. The molecule has 3 heteroatoms. The van der Waals surface area contributed by atoms with Crippen LogP contribution in [0, 0.1) is 11.3 Å². The van der Waals surface area contributed by atoms with Crippen LogP contribution < -0.4 is 0 Å². The van der Waals surface area contributed by atoms with Gasteiger partial charge in [-0.3, -0.25) is 4.79 Å². The maximum atomic E-state index is 10.6. The molecular formula is C8H5NO2. The summed E-state index contributed by atoms with van der Waals surface area (Å²) in [6.07, 6.45) is 5.20. The van der Waals surface area contributed by atoms with Crippen LogP contribution in [0.3, 0.4) is 0 Å². The zero-order valence-corrected chi connectivity index (χ0v) is 5.61. The standard InChI is InChI=1S/C8H5NO2/c9-4-3-6-1-2-7(10)8(11)5-6/h1-3,5,11H/b6-3-. The van der Waals surface area contributed by atoms with E-state index in [0.717, 1.165) is 0 Å². The summed E-state index contributed by atoms with van der Waals surface area (Å²) in [4.78, 5) is 10.6. The summed E-state index contributed by atoms with van der Waals surface area (Å²) in [6.45, 7) is 0. The summed E-state index contributed by atoms with van der Waals surface area (Å²) < 4.78 is 0. The summed E-state index contributed by atoms with van der Waals surface area (Å²) in [7, 11) is 0. The Hall–Kier alpha value is -1.82. The highest BCUT2D eigenvalue weighted by Crippen LogP contribution is 2.09. The van der Waals surface area contributed by atoms with E-state index in [1.165, 1.54) is 24.3 Å². The van der Waals surface area contributed by atoms with Crippen LogP contribution in [-0.2, 0) is 4.79 Å². The van der Waals surface area contributed by atoms with Gasteiger partial charge in [-0.15, -0.1) is 0 Å². The molecule has 0 saturated heterocycles. The third-order valence-corrected chi connectivity index (χ3v) is 1.21. The second kappa shape index (κ2) is 2.84. The molecule has 0 atom stereocenters.